The zero-order chi connectivity index (χ0) is 18.7. The molecule has 0 unspecified atom stereocenters. The van der Waals surface area contributed by atoms with E-state index in [1.165, 1.54) is 7.11 Å². The smallest absolute Gasteiger partial charge is 0.343 e. The topological polar surface area (TPSA) is 124 Å². The molecule has 8 heteroatoms. The molecule has 3 N–H and O–H groups in total. The highest BCUT2D eigenvalue weighted by molar-refractivity contribution is 5.95. The molecule has 1 aromatic rings. The summed E-state index contributed by atoms with van der Waals surface area (Å²) in [6, 6.07) is 9.87. The van der Waals surface area contributed by atoms with Gasteiger partial charge in [0.2, 0.25) is 0 Å². The molecule has 1 spiro atoms. The number of nitrogens with zero attached hydrogens (tertiary/aromatic N) is 2. The maximum absolute atomic E-state index is 10.1. The van der Waals surface area contributed by atoms with Crippen molar-refractivity contribution < 1.29 is 23.9 Å². The number of hydrogen-bond acceptors (Lipinski definition) is 7. The Balaban J connectivity index is 1.88. The molecule has 0 amide bonds. The Hall–Kier alpha value is -2.81. The zero-order valence-electron chi connectivity index (χ0n) is 14.7. The molecular formula is C18H19N4O4+. The standard InChI is InChI=1S/C18H18N4O4/c1-10-7-25-18(26-10)17(9-20)14(16(17,8-19)15(21)22-18)11-4-5-12(23-2)13(6-11)24-3/h4-6,10,14H,7H2,1-3H3,(H2,21,22)/p+1/t10-,14+,16+,17+,18+/m0/s1. The Morgan fingerprint density at radius 2 is 1.96 bits per heavy atom. The van der Waals surface area contributed by atoms with Crippen LogP contribution in [0.1, 0.15) is 18.4 Å². The molecule has 3 aliphatic rings. The molecule has 8 nitrogen and oxygen atoms in total. The summed E-state index contributed by atoms with van der Waals surface area (Å²) in [6.07, 6.45) is -0.221. The Morgan fingerprint density at radius 1 is 1.23 bits per heavy atom. The van der Waals surface area contributed by atoms with Gasteiger partial charge in [-0.25, -0.2) is 4.99 Å². The van der Waals surface area contributed by atoms with Crippen LogP contribution in [0.25, 0.3) is 0 Å². The summed E-state index contributed by atoms with van der Waals surface area (Å²) in [6.45, 7) is 2.15. The van der Waals surface area contributed by atoms with Crippen LogP contribution >= 0.6 is 0 Å². The monoisotopic (exact) mass is 355 g/mol. The van der Waals surface area contributed by atoms with Crippen molar-refractivity contribution in [3.8, 4) is 23.6 Å². The summed E-state index contributed by atoms with van der Waals surface area (Å²) in [5.41, 5.74) is 4.40. The quantitative estimate of drug-likeness (QED) is 0.739. The molecule has 4 rings (SSSR count). The van der Waals surface area contributed by atoms with Crippen molar-refractivity contribution in [2.24, 2.45) is 16.6 Å². The lowest BCUT2D eigenvalue weighted by Gasteiger charge is -2.24. The average Bonchev–Trinajstić information content (AvgIpc) is 3.05. The molecule has 134 valence electrons. The van der Waals surface area contributed by atoms with Crippen LogP contribution in [0.4, 0.5) is 0 Å². The predicted octanol–water partition coefficient (Wildman–Crippen LogP) is -0.639. The Kier molecular flexibility index (Phi) is 3.27. The highest BCUT2D eigenvalue weighted by Gasteiger charge is 2.97. The van der Waals surface area contributed by atoms with Gasteiger partial charge in [-0.3, -0.25) is 5.73 Å². The first-order valence-corrected chi connectivity index (χ1v) is 8.23. The fourth-order valence-electron chi connectivity index (χ4n) is 4.50. The number of amidine groups is 1. The van der Waals surface area contributed by atoms with E-state index >= 15 is 0 Å². The maximum atomic E-state index is 10.1. The second-order valence-electron chi connectivity index (χ2n) is 6.78. The highest BCUT2D eigenvalue weighted by Crippen LogP contribution is 2.79. The summed E-state index contributed by atoms with van der Waals surface area (Å²) < 4.78 is 22.4. The first-order valence-electron chi connectivity index (χ1n) is 8.23. The van der Waals surface area contributed by atoms with E-state index in [-0.39, 0.29) is 11.9 Å². The van der Waals surface area contributed by atoms with Gasteiger partial charge in [0.1, 0.15) is 0 Å². The molecule has 5 atom stereocenters. The number of nitrogens with two attached hydrogens (primary N) is 1. The molecule has 0 bridgehead atoms. The van der Waals surface area contributed by atoms with Crippen molar-refractivity contribution in [2.45, 2.75) is 24.9 Å². The van der Waals surface area contributed by atoms with Crippen LogP contribution in [-0.4, -0.2) is 38.7 Å². The lowest BCUT2D eigenvalue weighted by molar-refractivity contribution is -0.677. The van der Waals surface area contributed by atoms with Gasteiger partial charge in [-0.05, 0) is 24.6 Å². The summed E-state index contributed by atoms with van der Waals surface area (Å²) in [7, 11) is 3.08. The largest absolute Gasteiger partial charge is 0.493 e. The van der Waals surface area contributed by atoms with E-state index in [1.54, 1.807) is 19.2 Å². The number of fused-ring (bicyclic) bond motifs is 2. The van der Waals surface area contributed by atoms with E-state index in [4.69, 9.17) is 24.7 Å². The van der Waals surface area contributed by atoms with Crippen molar-refractivity contribution >= 4 is 5.84 Å². The van der Waals surface area contributed by atoms with Gasteiger partial charge >= 0.3 is 5.91 Å². The van der Waals surface area contributed by atoms with Crippen LogP contribution < -0.4 is 20.2 Å². The summed E-state index contributed by atoms with van der Waals surface area (Å²) in [5, 5.41) is 20.1. The summed E-state index contributed by atoms with van der Waals surface area (Å²) >= 11 is 0. The van der Waals surface area contributed by atoms with Crippen molar-refractivity contribution in [2.75, 3.05) is 20.8 Å². The molecule has 2 heterocycles. The van der Waals surface area contributed by atoms with E-state index in [9.17, 15) is 10.5 Å². The number of benzene rings is 1. The molecule has 1 saturated carbocycles. The fourth-order valence-corrected chi connectivity index (χ4v) is 4.50. The van der Waals surface area contributed by atoms with Crippen molar-refractivity contribution in [1.29, 1.82) is 10.5 Å². The Bertz CT molecular complexity index is 903. The van der Waals surface area contributed by atoms with Gasteiger partial charge < -0.3 is 18.9 Å². The lowest BCUT2D eigenvalue weighted by Crippen LogP contribution is -2.90. The van der Waals surface area contributed by atoms with Gasteiger partial charge in [0.25, 0.3) is 5.84 Å². The molecule has 1 aliphatic carbocycles. The molecule has 1 saturated heterocycles. The van der Waals surface area contributed by atoms with E-state index in [1.807, 2.05) is 13.0 Å². The number of rotatable bonds is 3. The van der Waals surface area contributed by atoms with Gasteiger partial charge in [-0.1, -0.05) is 6.07 Å². The maximum Gasteiger partial charge on any atom is 0.343 e. The zero-order valence-corrected chi connectivity index (χ0v) is 14.7. The van der Waals surface area contributed by atoms with Crippen LogP contribution in [0, 0.1) is 33.5 Å². The van der Waals surface area contributed by atoms with Crippen molar-refractivity contribution in [1.82, 2.24) is 0 Å². The number of nitrogens with one attached hydrogen (secondary N) is 1. The fraction of sp³-hybridized carbons (Fsp3) is 0.500. The van der Waals surface area contributed by atoms with E-state index in [0.29, 0.717) is 18.1 Å². The number of hydrogen-bond donors (Lipinski definition) is 2. The van der Waals surface area contributed by atoms with Crippen LogP contribution in [0.15, 0.2) is 18.2 Å². The minimum absolute atomic E-state index is 0.190. The molecule has 0 aromatic heterocycles. The number of methoxy groups -OCH3 is 2. The molecular weight excluding hydrogens is 336 g/mol. The van der Waals surface area contributed by atoms with Crippen LogP contribution in [-0.2, 0) is 9.47 Å². The van der Waals surface area contributed by atoms with Crippen molar-refractivity contribution in [3.05, 3.63) is 23.8 Å². The number of ether oxygens (including phenoxy) is 4. The molecule has 0 radical (unpaired) electrons. The third-order valence-electron chi connectivity index (χ3n) is 5.63. The Labute approximate surface area is 150 Å². The summed E-state index contributed by atoms with van der Waals surface area (Å²) in [5.74, 6) is -0.685. The third-order valence-corrected chi connectivity index (χ3v) is 5.63. The van der Waals surface area contributed by atoms with Gasteiger partial charge in [-0.2, -0.15) is 10.5 Å². The third kappa shape index (κ3) is 1.57. The predicted molar refractivity (Wildman–Crippen MR) is 87.8 cm³/mol. The minimum atomic E-state index is -1.43. The van der Waals surface area contributed by atoms with E-state index in [0.717, 1.165) is 5.56 Å². The average molecular weight is 355 g/mol. The van der Waals surface area contributed by atoms with Gasteiger partial charge in [-0.15, -0.1) is 0 Å². The van der Waals surface area contributed by atoms with E-state index in [2.05, 4.69) is 17.1 Å². The molecule has 2 fully saturated rings. The molecule has 1 aromatic carbocycles. The van der Waals surface area contributed by atoms with Crippen molar-refractivity contribution in [3.63, 3.8) is 0 Å². The SMILES string of the molecule is COc1ccc([C@H]2[C@@]3(C#N)[C@@]4([NH+]=C(N)[C@@]23C#N)OC[C@H](C)O4)cc1OC. The van der Waals surface area contributed by atoms with Gasteiger partial charge in [0.05, 0.1) is 39.1 Å². The minimum Gasteiger partial charge on any atom is -0.493 e. The van der Waals surface area contributed by atoms with Crippen LogP contribution in [0.3, 0.4) is 0 Å². The van der Waals surface area contributed by atoms with Gasteiger partial charge in [0.15, 0.2) is 22.3 Å². The molecule has 26 heavy (non-hydrogen) atoms. The number of nitriles is 2. The Morgan fingerprint density at radius 3 is 2.50 bits per heavy atom. The molecule has 2 aliphatic heterocycles. The highest BCUT2D eigenvalue weighted by atomic mass is 16.8. The lowest BCUT2D eigenvalue weighted by atomic mass is 9.94. The normalized spacial score (nSPS) is 39.7. The van der Waals surface area contributed by atoms with Gasteiger partial charge in [0, 0.05) is 5.92 Å². The first kappa shape index (κ1) is 16.6. The second kappa shape index (κ2) is 5.10. The van der Waals surface area contributed by atoms with Crippen LogP contribution in [0.5, 0.6) is 11.5 Å². The summed E-state index contributed by atoms with van der Waals surface area (Å²) in [4.78, 5) is 2.94. The van der Waals surface area contributed by atoms with E-state index < -0.39 is 22.7 Å². The second-order valence-corrected chi connectivity index (χ2v) is 6.78. The first-order chi connectivity index (χ1) is 12.5. The van der Waals surface area contributed by atoms with Crippen LogP contribution in [0.2, 0.25) is 0 Å².